The van der Waals surface area contributed by atoms with E-state index in [2.05, 4.69) is 34.5 Å². The minimum Gasteiger partial charge on any atom is -0.340 e. The molecule has 164 valence electrons. The van der Waals surface area contributed by atoms with Crippen molar-refractivity contribution in [1.82, 2.24) is 15.1 Å². The molecule has 1 aliphatic rings. The van der Waals surface area contributed by atoms with Gasteiger partial charge < -0.3 is 10.2 Å². The van der Waals surface area contributed by atoms with Gasteiger partial charge in [-0.1, -0.05) is 55.8 Å². The fourth-order valence-electron chi connectivity index (χ4n) is 3.66. The van der Waals surface area contributed by atoms with Gasteiger partial charge >= 0.3 is 0 Å². The standard InChI is InChI=1S/C25H30FN3O2/c1-2-7-23(27-24(30)21-11-13-22(26)14-12-21)25(31)29-18-16-28(17-19-29)15-6-10-20-8-4-3-5-9-20/h3-6,8-14,23H,2,7,15-19H2,1H3,(H,27,30)/b10-6+. The second kappa shape index (κ2) is 11.4. The summed E-state index contributed by atoms with van der Waals surface area (Å²) >= 11 is 0. The molecular weight excluding hydrogens is 393 g/mol. The third-order valence-corrected chi connectivity index (χ3v) is 5.44. The number of carbonyl (C=O) groups is 2. The van der Waals surface area contributed by atoms with Crippen LogP contribution in [0, 0.1) is 5.82 Å². The zero-order valence-electron chi connectivity index (χ0n) is 18.0. The summed E-state index contributed by atoms with van der Waals surface area (Å²) in [5.41, 5.74) is 1.53. The molecule has 0 saturated carbocycles. The molecule has 1 fully saturated rings. The van der Waals surface area contributed by atoms with E-state index in [0.717, 1.165) is 26.1 Å². The predicted octanol–water partition coefficient (Wildman–Crippen LogP) is 3.58. The van der Waals surface area contributed by atoms with E-state index in [4.69, 9.17) is 0 Å². The van der Waals surface area contributed by atoms with E-state index in [9.17, 15) is 14.0 Å². The van der Waals surface area contributed by atoms with Crippen molar-refractivity contribution in [1.29, 1.82) is 0 Å². The number of nitrogens with zero attached hydrogens (tertiary/aromatic N) is 2. The first-order valence-corrected chi connectivity index (χ1v) is 10.9. The van der Waals surface area contributed by atoms with Gasteiger partial charge in [-0.3, -0.25) is 14.5 Å². The van der Waals surface area contributed by atoms with Gasteiger partial charge in [0.1, 0.15) is 11.9 Å². The number of piperazine rings is 1. The lowest BCUT2D eigenvalue weighted by Gasteiger charge is -2.36. The Morgan fingerprint density at radius 2 is 1.71 bits per heavy atom. The molecule has 1 atom stereocenters. The van der Waals surface area contributed by atoms with Gasteiger partial charge in [-0.25, -0.2) is 4.39 Å². The van der Waals surface area contributed by atoms with Gasteiger partial charge in [0.25, 0.3) is 5.91 Å². The van der Waals surface area contributed by atoms with Crippen molar-refractivity contribution < 1.29 is 14.0 Å². The van der Waals surface area contributed by atoms with E-state index in [-0.39, 0.29) is 11.8 Å². The van der Waals surface area contributed by atoms with Crippen molar-refractivity contribution in [3.63, 3.8) is 0 Å². The maximum atomic E-state index is 13.1. The lowest BCUT2D eigenvalue weighted by molar-refractivity contribution is -0.135. The molecule has 2 aromatic rings. The number of hydrogen-bond acceptors (Lipinski definition) is 3. The van der Waals surface area contributed by atoms with Crippen LogP contribution in [0.15, 0.2) is 60.7 Å². The molecule has 0 bridgehead atoms. The Kier molecular flexibility index (Phi) is 8.35. The molecule has 0 aliphatic carbocycles. The Hall–Kier alpha value is -2.99. The van der Waals surface area contributed by atoms with Crippen LogP contribution >= 0.6 is 0 Å². The van der Waals surface area contributed by atoms with Gasteiger partial charge in [0.2, 0.25) is 5.91 Å². The van der Waals surface area contributed by atoms with Crippen molar-refractivity contribution >= 4 is 17.9 Å². The van der Waals surface area contributed by atoms with Gasteiger partial charge in [-0.15, -0.1) is 0 Å². The second-order valence-electron chi connectivity index (χ2n) is 7.76. The third-order valence-electron chi connectivity index (χ3n) is 5.44. The number of benzene rings is 2. The van der Waals surface area contributed by atoms with Crippen LogP contribution in [0.2, 0.25) is 0 Å². The van der Waals surface area contributed by atoms with Gasteiger partial charge in [0, 0.05) is 38.3 Å². The molecule has 2 amide bonds. The van der Waals surface area contributed by atoms with Crippen molar-refractivity contribution in [3.05, 3.63) is 77.6 Å². The van der Waals surface area contributed by atoms with Crippen LogP contribution in [-0.4, -0.2) is 60.4 Å². The zero-order valence-corrected chi connectivity index (χ0v) is 18.0. The number of hydrogen-bond donors (Lipinski definition) is 1. The summed E-state index contributed by atoms with van der Waals surface area (Å²) in [4.78, 5) is 29.7. The molecule has 6 heteroatoms. The molecule has 1 saturated heterocycles. The van der Waals surface area contributed by atoms with E-state index in [0.29, 0.717) is 25.1 Å². The molecule has 1 aliphatic heterocycles. The Morgan fingerprint density at radius 3 is 2.35 bits per heavy atom. The molecule has 0 radical (unpaired) electrons. The SMILES string of the molecule is CCCC(NC(=O)c1ccc(F)cc1)C(=O)N1CCN(C/C=C/c2ccccc2)CC1. The average molecular weight is 424 g/mol. The van der Waals surface area contributed by atoms with E-state index < -0.39 is 11.9 Å². The van der Waals surface area contributed by atoms with E-state index in [1.807, 2.05) is 30.0 Å². The Morgan fingerprint density at radius 1 is 1.03 bits per heavy atom. The van der Waals surface area contributed by atoms with Crippen LogP contribution in [0.25, 0.3) is 6.08 Å². The first-order chi connectivity index (χ1) is 15.1. The monoisotopic (exact) mass is 423 g/mol. The van der Waals surface area contributed by atoms with E-state index >= 15 is 0 Å². The molecule has 0 aromatic heterocycles. The molecule has 2 aromatic carbocycles. The molecule has 31 heavy (non-hydrogen) atoms. The van der Waals surface area contributed by atoms with Gasteiger partial charge in [-0.05, 0) is 36.2 Å². The van der Waals surface area contributed by atoms with Crippen LogP contribution in [0.1, 0.15) is 35.7 Å². The summed E-state index contributed by atoms with van der Waals surface area (Å²) < 4.78 is 13.1. The first kappa shape index (κ1) is 22.7. The normalized spacial score (nSPS) is 15.7. The minimum absolute atomic E-state index is 0.0446. The number of rotatable bonds is 8. The van der Waals surface area contributed by atoms with Crippen LogP contribution in [0.3, 0.4) is 0 Å². The number of nitrogens with one attached hydrogen (secondary N) is 1. The van der Waals surface area contributed by atoms with Crippen LogP contribution in [0.5, 0.6) is 0 Å². The predicted molar refractivity (Wildman–Crippen MR) is 121 cm³/mol. The first-order valence-electron chi connectivity index (χ1n) is 10.9. The zero-order chi connectivity index (χ0) is 22.1. The van der Waals surface area contributed by atoms with Crippen molar-refractivity contribution in [2.75, 3.05) is 32.7 Å². The molecule has 1 heterocycles. The highest BCUT2D eigenvalue weighted by Gasteiger charge is 2.28. The Bertz CT molecular complexity index is 875. The summed E-state index contributed by atoms with van der Waals surface area (Å²) in [7, 11) is 0. The van der Waals surface area contributed by atoms with Gasteiger partial charge in [0.15, 0.2) is 0 Å². The van der Waals surface area contributed by atoms with Crippen LogP contribution in [0.4, 0.5) is 4.39 Å². The van der Waals surface area contributed by atoms with Crippen molar-refractivity contribution in [2.45, 2.75) is 25.8 Å². The lowest BCUT2D eigenvalue weighted by atomic mass is 10.1. The lowest BCUT2D eigenvalue weighted by Crippen LogP contribution is -2.54. The average Bonchev–Trinajstić information content (AvgIpc) is 2.80. The molecule has 1 N–H and O–H groups in total. The van der Waals surface area contributed by atoms with Crippen LogP contribution < -0.4 is 5.32 Å². The molecule has 5 nitrogen and oxygen atoms in total. The molecule has 0 spiro atoms. The topological polar surface area (TPSA) is 52.7 Å². The summed E-state index contributed by atoms with van der Waals surface area (Å²) in [5.74, 6) is -0.789. The summed E-state index contributed by atoms with van der Waals surface area (Å²) in [6, 6.07) is 15.0. The largest absolute Gasteiger partial charge is 0.340 e. The number of halogens is 1. The number of amides is 2. The third kappa shape index (κ3) is 6.76. The molecule has 3 rings (SSSR count). The highest BCUT2D eigenvalue weighted by molar-refractivity contribution is 5.97. The summed E-state index contributed by atoms with van der Waals surface area (Å²) in [6.45, 7) is 5.72. The summed E-state index contributed by atoms with van der Waals surface area (Å²) in [5, 5.41) is 2.84. The van der Waals surface area contributed by atoms with Crippen LogP contribution in [-0.2, 0) is 4.79 Å². The van der Waals surface area contributed by atoms with Crippen molar-refractivity contribution in [2.24, 2.45) is 0 Å². The fraction of sp³-hybridized carbons (Fsp3) is 0.360. The second-order valence-corrected chi connectivity index (χ2v) is 7.76. The quantitative estimate of drug-likeness (QED) is 0.706. The highest BCUT2D eigenvalue weighted by atomic mass is 19.1. The highest BCUT2D eigenvalue weighted by Crippen LogP contribution is 2.10. The maximum Gasteiger partial charge on any atom is 0.251 e. The minimum atomic E-state index is -0.563. The van der Waals surface area contributed by atoms with Gasteiger partial charge in [-0.2, -0.15) is 0 Å². The van der Waals surface area contributed by atoms with Crippen molar-refractivity contribution in [3.8, 4) is 0 Å². The Labute approximate surface area is 183 Å². The maximum absolute atomic E-state index is 13.1. The smallest absolute Gasteiger partial charge is 0.251 e. The number of carbonyl (C=O) groups excluding carboxylic acids is 2. The van der Waals surface area contributed by atoms with E-state index in [1.54, 1.807) is 0 Å². The molecular formula is C25H30FN3O2. The Balaban J connectivity index is 1.50. The van der Waals surface area contributed by atoms with E-state index in [1.165, 1.54) is 29.8 Å². The fourth-order valence-corrected chi connectivity index (χ4v) is 3.66. The van der Waals surface area contributed by atoms with Gasteiger partial charge in [0.05, 0.1) is 0 Å². The summed E-state index contributed by atoms with van der Waals surface area (Å²) in [6.07, 6.45) is 5.62. The molecule has 1 unspecified atom stereocenters.